The second-order valence-corrected chi connectivity index (χ2v) is 7.22. The van der Waals surface area contributed by atoms with Gasteiger partial charge in [-0.25, -0.2) is 0 Å². The molecular weight excluding hydrogens is 340 g/mol. The highest BCUT2D eigenvalue weighted by atomic mass is 16.5. The van der Waals surface area contributed by atoms with Crippen molar-refractivity contribution in [3.63, 3.8) is 0 Å². The number of carbonyl (C=O) groups is 2. The molecule has 0 saturated carbocycles. The van der Waals surface area contributed by atoms with Gasteiger partial charge in [0, 0.05) is 25.2 Å². The van der Waals surface area contributed by atoms with E-state index in [1.54, 1.807) is 12.0 Å². The zero-order valence-electron chi connectivity index (χ0n) is 16.3. The van der Waals surface area contributed by atoms with Gasteiger partial charge < -0.3 is 15.0 Å². The Hall–Kier alpha value is -2.82. The predicted molar refractivity (Wildman–Crippen MR) is 106 cm³/mol. The molecule has 0 aromatic heterocycles. The van der Waals surface area contributed by atoms with Crippen molar-refractivity contribution in [3.05, 3.63) is 58.7 Å². The number of hydrogen-bond acceptors (Lipinski definition) is 3. The number of methoxy groups -OCH3 is 1. The molecule has 27 heavy (non-hydrogen) atoms. The van der Waals surface area contributed by atoms with Crippen LogP contribution in [0.25, 0.3) is 0 Å². The topological polar surface area (TPSA) is 58.6 Å². The summed E-state index contributed by atoms with van der Waals surface area (Å²) in [5.74, 6) is 0.389. The molecule has 1 unspecified atom stereocenters. The molecule has 2 aromatic carbocycles. The summed E-state index contributed by atoms with van der Waals surface area (Å²) in [5, 5.41) is 2.95. The van der Waals surface area contributed by atoms with Crippen LogP contribution in [0.3, 0.4) is 0 Å². The van der Waals surface area contributed by atoms with Gasteiger partial charge in [0.05, 0.1) is 13.0 Å². The van der Waals surface area contributed by atoms with E-state index < -0.39 is 0 Å². The van der Waals surface area contributed by atoms with Crippen LogP contribution in [0.4, 0.5) is 5.69 Å². The monoisotopic (exact) mass is 366 g/mol. The summed E-state index contributed by atoms with van der Waals surface area (Å²) in [6, 6.07) is 11.7. The number of hydrogen-bond donors (Lipinski definition) is 1. The highest BCUT2D eigenvalue weighted by molar-refractivity contribution is 6.01. The predicted octanol–water partition coefficient (Wildman–Crippen LogP) is 3.29. The molecule has 2 aromatic rings. The first-order chi connectivity index (χ1) is 12.9. The van der Waals surface area contributed by atoms with Crippen LogP contribution in [-0.2, 0) is 16.1 Å². The number of aryl methyl sites for hydroxylation is 3. The minimum Gasteiger partial charge on any atom is -0.497 e. The van der Waals surface area contributed by atoms with Gasteiger partial charge >= 0.3 is 0 Å². The number of rotatable bonds is 5. The first-order valence-electron chi connectivity index (χ1n) is 9.18. The number of benzene rings is 2. The van der Waals surface area contributed by atoms with Gasteiger partial charge in [-0.05, 0) is 49.6 Å². The standard InChI is InChI=1S/C22H26N2O3/c1-14-9-15(2)21(16(3)10-14)24-13-18(11-20(24)25)22(26)23-12-17-5-7-19(27-4)8-6-17/h5-10,18H,11-13H2,1-4H3,(H,23,26). The summed E-state index contributed by atoms with van der Waals surface area (Å²) in [7, 11) is 1.62. The zero-order valence-corrected chi connectivity index (χ0v) is 16.3. The molecule has 5 nitrogen and oxygen atoms in total. The largest absolute Gasteiger partial charge is 0.497 e. The summed E-state index contributed by atoms with van der Waals surface area (Å²) in [5.41, 5.74) is 5.25. The molecule has 0 spiro atoms. The smallest absolute Gasteiger partial charge is 0.227 e. The van der Waals surface area contributed by atoms with Crippen LogP contribution >= 0.6 is 0 Å². The molecule has 1 saturated heterocycles. The molecule has 5 heteroatoms. The van der Waals surface area contributed by atoms with E-state index in [1.165, 1.54) is 5.56 Å². The van der Waals surface area contributed by atoms with E-state index in [9.17, 15) is 9.59 Å². The summed E-state index contributed by atoms with van der Waals surface area (Å²) in [6.45, 7) is 6.94. The number of anilines is 1. The van der Waals surface area contributed by atoms with Crippen molar-refractivity contribution >= 4 is 17.5 Å². The van der Waals surface area contributed by atoms with Crippen molar-refractivity contribution in [2.45, 2.75) is 33.7 Å². The molecule has 1 heterocycles. The average Bonchev–Trinajstić information content (AvgIpc) is 3.01. The van der Waals surface area contributed by atoms with Crippen molar-refractivity contribution in [2.24, 2.45) is 5.92 Å². The summed E-state index contributed by atoms with van der Waals surface area (Å²) < 4.78 is 5.14. The number of carbonyl (C=O) groups excluding carboxylic acids is 2. The van der Waals surface area contributed by atoms with Crippen molar-refractivity contribution in [1.82, 2.24) is 5.32 Å². The van der Waals surface area contributed by atoms with E-state index in [0.717, 1.165) is 28.1 Å². The fraction of sp³-hybridized carbons (Fsp3) is 0.364. The van der Waals surface area contributed by atoms with E-state index in [1.807, 2.05) is 45.0 Å². The Labute approximate surface area is 160 Å². The van der Waals surface area contributed by atoms with Gasteiger partial charge in [0.2, 0.25) is 11.8 Å². The van der Waals surface area contributed by atoms with Crippen LogP contribution in [0.5, 0.6) is 5.75 Å². The van der Waals surface area contributed by atoms with Gasteiger partial charge in [-0.1, -0.05) is 29.8 Å². The van der Waals surface area contributed by atoms with Crippen molar-refractivity contribution < 1.29 is 14.3 Å². The SMILES string of the molecule is COc1ccc(CNC(=O)C2CC(=O)N(c3c(C)cc(C)cc3C)C2)cc1. The first-order valence-corrected chi connectivity index (χ1v) is 9.18. The quantitative estimate of drug-likeness (QED) is 0.883. The lowest BCUT2D eigenvalue weighted by Crippen LogP contribution is -2.33. The average molecular weight is 366 g/mol. The van der Waals surface area contributed by atoms with E-state index in [-0.39, 0.29) is 24.2 Å². The van der Waals surface area contributed by atoms with Gasteiger partial charge in [-0.15, -0.1) is 0 Å². The van der Waals surface area contributed by atoms with Gasteiger partial charge in [0.1, 0.15) is 5.75 Å². The van der Waals surface area contributed by atoms with E-state index in [4.69, 9.17) is 4.74 Å². The zero-order chi connectivity index (χ0) is 19.6. The maximum atomic E-state index is 12.6. The second kappa shape index (κ2) is 7.82. The lowest BCUT2D eigenvalue weighted by atomic mass is 10.0. The third-order valence-electron chi connectivity index (χ3n) is 5.03. The Morgan fingerprint density at radius 2 is 1.78 bits per heavy atom. The number of nitrogens with one attached hydrogen (secondary N) is 1. The van der Waals surface area contributed by atoms with Gasteiger partial charge in [0.15, 0.2) is 0 Å². The highest BCUT2D eigenvalue weighted by Gasteiger charge is 2.36. The summed E-state index contributed by atoms with van der Waals surface area (Å²) >= 11 is 0. The Morgan fingerprint density at radius 1 is 1.15 bits per heavy atom. The molecule has 1 atom stereocenters. The number of nitrogens with zero attached hydrogens (tertiary/aromatic N) is 1. The Balaban J connectivity index is 1.65. The molecule has 142 valence electrons. The number of amides is 2. The molecule has 0 radical (unpaired) electrons. The van der Waals surface area contributed by atoms with Crippen LogP contribution in [0.1, 0.15) is 28.7 Å². The summed E-state index contributed by atoms with van der Waals surface area (Å²) in [6.07, 6.45) is 0.251. The second-order valence-electron chi connectivity index (χ2n) is 7.22. The van der Waals surface area contributed by atoms with E-state index in [0.29, 0.717) is 13.1 Å². The third-order valence-corrected chi connectivity index (χ3v) is 5.03. The molecule has 1 fully saturated rings. The minimum absolute atomic E-state index is 0.00894. The lowest BCUT2D eigenvalue weighted by Gasteiger charge is -2.22. The first kappa shape index (κ1) is 19.0. The Kier molecular flexibility index (Phi) is 5.49. The van der Waals surface area contributed by atoms with E-state index in [2.05, 4.69) is 17.4 Å². The highest BCUT2D eigenvalue weighted by Crippen LogP contribution is 2.31. The lowest BCUT2D eigenvalue weighted by molar-refractivity contribution is -0.126. The normalized spacial score (nSPS) is 16.5. The Bertz CT molecular complexity index is 835. The van der Waals surface area contributed by atoms with Crippen molar-refractivity contribution in [1.29, 1.82) is 0 Å². The van der Waals surface area contributed by atoms with Crippen molar-refractivity contribution in [2.75, 3.05) is 18.6 Å². The molecule has 1 aliphatic heterocycles. The third kappa shape index (κ3) is 4.13. The molecule has 0 bridgehead atoms. The Morgan fingerprint density at radius 3 is 2.37 bits per heavy atom. The molecule has 2 amide bonds. The molecule has 3 rings (SSSR count). The fourth-order valence-corrected chi connectivity index (χ4v) is 3.77. The summed E-state index contributed by atoms with van der Waals surface area (Å²) in [4.78, 5) is 26.9. The van der Waals surface area contributed by atoms with Gasteiger partial charge in [0.25, 0.3) is 0 Å². The van der Waals surface area contributed by atoms with Gasteiger partial charge in [-0.2, -0.15) is 0 Å². The van der Waals surface area contributed by atoms with Crippen LogP contribution in [0.15, 0.2) is 36.4 Å². The minimum atomic E-state index is -0.323. The molecule has 1 N–H and O–H groups in total. The van der Waals surface area contributed by atoms with E-state index >= 15 is 0 Å². The van der Waals surface area contributed by atoms with Crippen LogP contribution < -0.4 is 15.0 Å². The molecule has 1 aliphatic rings. The van der Waals surface area contributed by atoms with Crippen LogP contribution in [0.2, 0.25) is 0 Å². The van der Waals surface area contributed by atoms with Crippen LogP contribution in [0, 0.1) is 26.7 Å². The van der Waals surface area contributed by atoms with Crippen LogP contribution in [-0.4, -0.2) is 25.5 Å². The molecule has 0 aliphatic carbocycles. The maximum absolute atomic E-state index is 12.6. The molecular formula is C22H26N2O3. The number of ether oxygens (including phenoxy) is 1. The van der Waals surface area contributed by atoms with Gasteiger partial charge in [-0.3, -0.25) is 9.59 Å². The maximum Gasteiger partial charge on any atom is 0.227 e. The fourth-order valence-electron chi connectivity index (χ4n) is 3.77. The van der Waals surface area contributed by atoms with Crippen molar-refractivity contribution in [3.8, 4) is 5.75 Å².